The number of fused-ring (bicyclic) bond motifs is 1. The minimum absolute atomic E-state index is 0.0296. The first-order valence-corrected chi connectivity index (χ1v) is 19.7. The quantitative estimate of drug-likeness (QED) is 0.0736. The number of aromatic nitrogens is 1. The molecular weight excluding hydrogens is 703 g/mol. The standard InChI is InChI=1S/C38H43N5O7S2/c1-8-19-52(46,47)34-16-13-25(22-33(34)48-5)40-35-23-26(17-18-39-35)50-32-15-14-29(27-11-9-10-12-28(27)32)41-37(44)42-30-20-24(38(2,3)4)21-31(36(30)49-6)43-51(7)45/h9-18,20-23,43,45H,8,19H2,1-7H3,(H2-,39,40,41,42,44)/p+1. The number of methoxy groups -OCH3 is 2. The Morgan fingerprint density at radius 2 is 1.58 bits per heavy atom. The Morgan fingerprint density at radius 3 is 2.25 bits per heavy atom. The number of hydrogen-bond donors (Lipinski definition) is 5. The smallest absolute Gasteiger partial charge is 0.323 e. The molecule has 0 fully saturated rings. The van der Waals surface area contributed by atoms with E-state index in [1.807, 2.05) is 43.3 Å². The van der Waals surface area contributed by atoms with Crippen LogP contribution in [0.5, 0.6) is 23.0 Å². The van der Waals surface area contributed by atoms with E-state index in [2.05, 4.69) is 46.4 Å². The molecule has 12 nitrogen and oxygen atoms in total. The molecule has 0 aliphatic heterocycles. The second kappa shape index (κ2) is 16.0. The summed E-state index contributed by atoms with van der Waals surface area (Å²) in [5.74, 6) is 2.20. The van der Waals surface area contributed by atoms with Gasteiger partial charge in [-0.2, -0.15) is 9.27 Å². The maximum absolute atomic E-state index is 13.5. The molecule has 274 valence electrons. The number of anilines is 5. The van der Waals surface area contributed by atoms with Gasteiger partial charge in [0.2, 0.25) is 0 Å². The number of carbonyl (C=O) groups is 1. The third kappa shape index (κ3) is 8.99. The number of benzene rings is 4. The van der Waals surface area contributed by atoms with Crippen LogP contribution in [0.25, 0.3) is 10.8 Å². The zero-order valence-electron chi connectivity index (χ0n) is 30.2. The van der Waals surface area contributed by atoms with Gasteiger partial charge < -0.3 is 30.2 Å². The molecular formula is C38H44N5O7S2+. The van der Waals surface area contributed by atoms with E-state index in [9.17, 15) is 17.8 Å². The summed E-state index contributed by atoms with van der Waals surface area (Å²) in [6.45, 7) is 8.00. The van der Waals surface area contributed by atoms with Gasteiger partial charge in [-0.25, -0.2) is 18.2 Å². The predicted molar refractivity (Wildman–Crippen MR) is 211 cm³/mol. The lowest BCUT2D eigenvalue weighted by atomic mass is 9.86. The molecule has 52 heavy (non-hydrogen) atoms. The highest BCUT2D eigenvalue weighted by atomic mass is 32.2. The van der Waals surface area contributed by atoms with Crippen LogP contribution in [0.15, 0.2) is 90.0 Å². The Bertz CT molecular complexity index is 2190. The number of carbonyl (C=O) groups excluding carboxylic acids is 1. The molecule has 0 radical (unpaired) electrons. The van der Waals surface area contributed by atoms with Crippen molar-refractivity contribution in [1.29, 1.82) is 0 Å². The van der Waals surface area contributed by atoms with Crippen LogP contribution in [0.3, 0.4) is 0 Å². The van der Waals surface area contributed by atoms with Gasteiger partial charge in [0.05, 0.1) is 31.3 Å². The van der Waals surface area contributed by atoms with Crippen LogP contribution in [0.4, 0.5) is 33.4 Å². The summed E-state index contributed by atoms with van der Waals surface area (Å²) in [5, 5.41) is 10.6. The van der Waals surface area contributed by atoms with Crippen LogP contribution in [0, 0.1) is 0 Å². The fourth-order valence-corrected chi connectivity index (χ4v) is 7.51. The van der Waals surface area contributed by atoms with Gasteiger partial charge in [-0.3, -0.25) is 0 Å². The van der Waals surface area contributed by atoms with E-state index < -0.39 is 27.2 Å². The minimum atomic E-state index is -3.47. The molecule has 0 saturated carbocycles. The van der Waals surface area contributed by atoms with Crippen LogP contribution in [-0.2, 0) is 26.6 Å². The molecule has 4 aromatic carbocycles. The molecule has 0 spiro atoms. The van der Waals surface area contributed by atoms with Gasteiger partial charge in [-0.05, 0) is 59.9 Å². The summed E-state index contributed by atoms with van der Waals surface area (Å²) in [4.78, 5) is 18.0. The fraction of sp³-hybridized carbons (Fsp3) is 0.263. The van der Waals surface area contributed by atoms with Crippen molar-refractivity contribution in [3.05, 3.63) is 90.6 Å². The summed E-state index contributed by atoms with van der Waals surface area (Å²) in [7, 11) is -0.525. The van der Waals surface area contributed by atoms with E-state index >= 15 is 0 Å². The van der Waals surface area contributed by atoms with E-state index in [0.717, 1.165) is 16.3 Å². The zero-order valence-corrected chi connectivity index (χ0v) is 31.8. The van der Waals surface area contributed by atoms with Crippen molar-refractivity contribution in [2.75, 3.05) is 46.9 Å². The van der Waals surface area contributed by atoms with Crippen molar-refractivity contribution < 1.29 is 32.0 Å². The molecule has 14 heteroatoms. The number of hydrogen-bond acceptors (Lipinski definition) is 10. The van der Waals surface area contributed by atoms with Crippen molar-refractivity contribution >= 4 is 66.6 Å². The number of ether oxygens (including phenoxy) is 3. The van der Waals surface area contributed by atoms with E-state index in [-0.39, 0.29) is 21.8 Å². The van der Waals surface area contributed by atoms with Gasteiger partial charge in [0.1, 0.15) is 33.6 Å². The molecule has 1 unspecified atom stereocenters. The summed E-state index contributed by atoms with van der Waals surface area (Å²) < 4.78 is 55.8. The third-order valence-corrected chi connectivity index (χ3v) is 10.5. The number of sulfone groups is 1. The number of rotatable bonds is 13. The Labute approximate surface area is 307 Å². The average molecular weight is 747 g/mol. The van der Waals surface area contributed by atoms with Crippen LogP contribution in [0.2, 0.25) is 0 Å². The van der Waals surface area contributed by atoms with Crippen LogP contribution < -0.4 is 34.9 Å². The van der Waals surface area contributed by atoms with E-state index in [1.165, 1.54) is 20.3 Å². The lowest BCUT2D eigenvalue weighted by Crippen LogP contribution is -2.22. The molecule has 0 aliphatic carbocycles. The highest BCUT2D eigenvalue weighted by molar-refractivity contribution is 7.92. The number of amides is 2. The second-order valence-corrected chi connectivity index (χ2v) is 16.2. The normalized spacial score (nSPS) is 12.2. The van der Waals surface area contributed by atoms with Gasteiger partial charge in [0.15, 0.2) is 21.8 Å². The summed E-state index contributed by atoms with van der Waals surface area (Å²) in [5.41, 5.74) is 2.86. The Hall–Kier alpha value is -5.18. The average Bonchev–Trinajstić information content (AvgIpc) is 3.08. The first-order valence-electron chi connectivity index (χ1n) is 16.5. The molecule has 0 aliphatic rings. The Balaban J connectivity index is 1.37. The molecule has 5 N–H and O–H groups in total. The first kappa shape index (κ1) is 38.1. The van der Waals surface area contributed by atoms with Crippen LogP contribution in [0.1, 0.15) is 39.7 Å². The number of pyridine rings is 1. The Morgan fingerprint density at radius 1 is 0.865 bits per heavy atom. The monoisotopic (exact) mass is 746 g/mol. The summed E-state index contributed by atoms with van der Waals surface area (Å²) >= 11 is -1.12. The van der Waals surface area contributed by atoms with Crippen molar-refractivity contribution in [2.24, 2.45) is 0 Å². The minimum Gasteiger partial charge on any atom is -0.495 e. The van der Waals surface area contributed by atoms with Gasteiger partial charge in [-0.15, -0.1) is 0 Å². The first-order chi connectivity index (χ1) is 24.7. The topological polar surface area (TPSA) is 160 Å². The molecule has 5 rings (SSSR count). The van der Waals surface area contributed by atoms with Gasteiger partial charge in [0.25, 0.3) is 11.4 Å². The largest absolute Gasteiger partial charge is 0.495 e. The van der Waals surface area contributed by atoms with Crippen molar-refractivity contribution in [1.82, 2.24) is 4.98 Å². The summed E-state index contributed by atoms with van der Waals surface area (Å²) in [6.07, 6.45) is 3.73. The second-order valence-electron chi connectivity index (χ2n) is 13.0. The molecule has 0 bridgehead atoms. The zero-order chi connectivity index (χ0) is 37.6. The fourth-order valence-electron chi connectivity index (χ4n) is 5.55. The van der Waals surface area contributed by atoms with Crippen molar-refractivity contribution in [2.45, 2.75) is 44.4 Å². The van der Waals surface area contributed by atoms with Crippen LogP contribution >= 0.6 is 0 Å². The van der Waals surface area contributed by atoms with Gasteiger partial charge >= 0.3 is 6.03 Å². The van der Waals surface area contributed by atoms with E-state index in [1.54, 1.807) is 48.9 Å². The maximum Gasteiger partial charge on any atom is 0.323 e. The molecule has 1 atom stereocenters. The maximum atomic E-state index is 13.5. The summed E-state index contributed by atoms with van der Waals surface area (Å²) in [6, 6.07) is 22.7. The van der Waals surface area contributed by atoms with Crippen LogP contribution in [-0.4, -0.2) is 50.2 Å². The number of urea groups is 1. The molecule has 2 amide bonds. The lowest BCUT2D eigenvalue weighted by Gasteiger charge is -2.23. The third-order valence-electron chi connectivity index (χ3n) is 8.00. The van der Waals surface area contributed by atoms with Crippen molar-refractivity contribution in [3.63, 3.8) is 0 Å². The highest BCUT2D eigenvalue weighted by Crippen LogP contribution is 2.40. The lowest BCUT2D eigenvalue weighted by molar-refractivity contribution is 0.262. The predicted octanol–water partition coefficient (Wildman–Crippen LogP) is 8.96. The molecule has 1 heterocycles. The number of nitrogens with one attached hydrogen (secondary N) is 4. The van der Waals surface area contributed by atoms with Gasteiger partial charge in [0, 0.05) is 34.8 Å². The van der Waals surface area contributed by atoms with E-state index in [4.69, 9.17) is 14.2 Å². The number of nitrogens with zero attached hydrogens (tertiary/aromatic N) is 1. The van der Waals surface area contributed by atoms with E-state index in [0.29, 0.717) is 52.2 Å². The molecule has 5 aromatic rings. The molecule has 1 aromatic heterocycles. The Kier molecular flexibility index (Phi) is 11.7. The molecule has 0 saturated heterocycles. The van der Waals surface area contributed by atoms with Gasteiger partial charge in [-0.1, -0.05) is 52.0 Å². The highest BCUT2D eigenvalue weighted by Gasteiger charge is 2.24. The van der Waals surface area contributed by atoms with Crippen molar-refractivity contribution in [3.8, 4) is 23.0 Å². The SMILES string of the molecule is CCCS(=O)(=O)c1ccc(Nc2cc(Oc3ccc(NC(=O)Nc4cc(C(C)(C)C)cc(N[S+](C)O)c4OC)c4ccccc34)ccn2)cc1OC.